The van der Waals surface area contributed by atoms with Crippen LogP contribution in [0, 0.1) is 0 Å². The summed E-state index contributed by atoms with van der Waals surface area (Å²) in [5.74, 6) is 0. The van der Waals surface area contributed by atoms with Crippen molar-refractivity contribution in [3.8, 4) is 0 Å². The van der Waals surface area contributed by atoms with Gasteiger partial charge in [-0.15, -0.1) is 0 Å². The molecular weight excluding hydrogens is 234 g/mol. The van der Waals surface area contributed by atoms with E-state index in [1.165, 1.54) is 30.8 Å². The topological polar surface area (TPSA) is 18.5 Å². The van der Waals surface area contributed by atoms with Crippen LogP contribution in [0.15, 0.2) is 24.3 Å². The molecule has 19 heavy (non-hydrogen) atoms. The molecule has 1 heterocycles. The molecule has 1 aromatic rings. The number of nitrogens with zero attached hydrogens (tertiary/aromatic N) is 2. The zero-order valence-corrected chi connectivity index (χ0v) is 12.5. The summed E-state index contributed by atoms with van der Waals surface area (Å²) in [7, 11) is 4.22. The second-order valence-electron chi connectivity index (χ2n) is 5.75. The second kappa shape index (κ2) is 7.04. The predicted molar refractivity (Wildman–Crippen MR) is 81.4 cm³/mol. The number of benzene rings is 1. The third-order valence-corrected chi connectivity index (χ3v) is 4.04. The van der Waals surface area contributed by atoms with Crippen LogP contribution in [-0.4, -0.2) is 56.1 Å². The smallest absolute Gasteiger partial charge is 0.0237 e. The molecule has 1 saturated heterocycles. The lowest BCUT2D eigenvalue weighted by Gasteiger charge is -2.38. The maximum atomic E-state index is 3.19. The normalized spacial score (nSPS) is 21.7. The molecule has 0 amide bonds. The molecule has 0 radical (unpaired) electrons. The Bertz CT molecular complexity index is 374. The molecule has 1 aliphatic heterocycles. The van der Waals surface area contributed by atoms with Crippen LogP contribution < -0.4 is 5.32 Å². The van der Waals surface area contributed by atoms with Gasteiger partial charge in [0.15, 0.2) is 0 Å². The summed E-state index contributed by atoms with van der Waals surface area (Å²) in [6, 6.07) is 9.77. The molecule has 1 aromatic carbocycles. The van der Waals surface area contributed by atoms with Gasteiger partial charge >= 0.3 is 0 Å². The van der Waals surface area contributed by atoms with Crippen LogP contribution in [0.3, 0.4) is 0 Å². The first kappa shape index (κ1) is 14.5. The van der Waals surface area contributed by atoms with Gasteiger partial charge in [0, 0.05) is 32.2 Å². The number of rotatable bonds is 5. The first-order valence-electron chi connectivity index (χ1n) is 7.34. The maximum absolute atomic E-state index is 3.19. The maximum Gasteiger partial charge on any atom is 0.0237 e. The fourth-order valence-electron chi connectivity index (χ4n) is 2.73. The summed E-state index contributed by atoms with van der Waals surface area (Å²) >= 11 is 0. The van der Waals surface area contributed by atoms with Crippen LogP contribution in [0.25, 0.3) is 0 Å². The Morgan fingerprint density at radius 2 is 1.84 bits per heavy atom. The van der Waals surface area contributed by atoms with Crippen molar-refractivity contribution in [2.75, 3.05) is 40.3 Å². The Balaban J connectivity index is 1.88. The minimum Gasteiger partial charge on any atom is -0.319 e. The van der Waals surface area contributed by atoms with Crippen LogP contribution in [-0.2, 0) is 13.0 Å². The van der Waals surface area contributed by atoms with Crippen molar-refractivity contribution >= 4 is 0 Å². The van der Waals surface area contributed by atoms with Gasteiger partial charge in [-0.1, -0.05) is 24.3 Å². The standard InChI is InChI=1S/C16H27N3/c1-14-12-18(3)10-11-19(14)13-16-6-4-15(5-7-16)8-9-17-2/h4-7,14,17H,8-13H2,1-3H3. The average Bonchev–Trinajstić information content (AvgIpc) is 2.41. The zero-order chi connectivity index (χ0) is 13.7. The van der Waals surface area contributed by atoms with E-state index >= 15 is 0 Å². The number of likely N-dealkylation sites (N-methyl/N-ethyl adjacent to an activating group) is 2. The molecule has 1 atom stereocenters. The van der Waals surface area contributed by atoms with Crippen molar-refractivity contribution < 1.29 is 0 Å². The lowest BCUT2D eigenvalue weighted by molar-refractivity contribution is 0.0938. The van der Waals surface area contributed by atoms with Crippen LogP contribution >= 0.6 is 0 Å². The van der Waals surface area contributed by atoms with Crippen molar-refractivity contribution in [2.24, 2.45) is 0 Å². The molecule has 0 aromatic heterocycles. The summed E-state index contributed by atoms with van der Waals surface area (Å²) in [6.45, 7) is 8.01. The molecule has 3 heteroatoms. The Morgan fingerprint density at radius 1 is 1.16 bits per heavy atom. The molecule has 1 unspecified atom stereocenters. The number of nitrogens with one attached hydrogen (secondary N) is 1. The van der Waals surface area contributed by atoms with E-state index in [1.54, 1.807) is 0 Å². The molecular formula is C16H27N3. The van der Waals surface area contributed by atoms with Crippen LogP contribution in [0.5, 0.6) is 0 Å². The average molecular weight is 261 g/mol. The van der Waals surface area contributed by atoms with E-state index in [0.29, 0.717) is 6.04 Å². The summed E-state index contributed by atoms with van der Waals surface area (Å²) in [5, 5.41) is 3.19. The van der Waals surface area contributed by atoms with Crippen LogP contribution in [0.4, 0.5) is 0 Å². The molecule has 1 N–H and O–H groups in total. The minimum atomic E-state index is 0.655. The van der Waals surface area contributed by atoms with Crippen molar-refractivity contribution in [1.29, 1.82) is 0 Å². The largest absolute Gasteiger partial charge is 0.319 e. The highest BCUT2D eigenvalue weighted by atomic mass is 15.3. The van der Waals surface area contributed by atoms with E-state index in [2.05, 4.69) is 53.4 Å². The monoisotopic (exact) mass is 261 g/mol. The van der Waals surface area contributed by atoms with E-state index in [9.17, 15) is 0 Å². The highest BCUT2D eigenvalue weighted by molar-refractivity contribution is 5.23. The van der Waals surface area contributed by atoms with Crippen LogP contribution in [0.1, 0.15) is 18.1 Å². The molecule has 1 fully saturated rings. The molecule has 2 rings (SSSR count). The van der Waals surface area contributed by atoms with Gasteiger partial charge in [0.2, 0.25) is 0 Å². The third kappa shape index (κ3) is 4.30. The van der Waals surface area contributed by atoms with Gasteiger partial charge in [-0.25, -0.2) is 0 Å². The van der Waals surface area contributed by atoms with Crippen molar-refractivity contribution in [2.45, 2.75) is 25.9 Å². The lowest BCUT2D eigenvalue weighted by Crippen LogP contribution is -2.49. The van der Waals surface area contributed by atoms with Crippen molar-refractivity contribution in [3.05, 3.63) is 35.4 Å². The molecule has 0 bridgehead atoms. The first-order chi connectivity index (χ1) is 9.19. The van der Waals surface area contributed by atoms with Gasteiger partial charge in [0.25, 0.3) is 0 Å². The van der Waals surface area contributed by atoms with Crippen LogP contribution in [0.2, 0.25) is 0 Å². The van der Waals surface area contributed by atoms with E-state index in [1.807, 2.05) is 7.05 Å². The Labute approximate surface area is 117 Å². The highest BCUT2D eigenvalue weighted by Crippen LogP contribution is 2.13. The Kier molecular flexibility index (Phi) is 5.37. The lowest BCUT2D eigenvalue weighted by atomic mass is 10.1. The quantitative estimate of drug-likeness (QED) is 0.868. The second-order valence-corrected chi connectivity index (χ2v) is 5.75. The third-order valence-electron chi connectivity index (χ3n) is 4.04. The SMILES string of the molecule is CNCCc1ccc(CN2CCN(C)CC2C)cc1. The molecule has 106 valence electrons. The van der Waals surface area contributed by atoms with Gasteiger partial charge in [-0.3, -0.25) is 4.90 Å². The van der Waals surface area contributed by atoms with Gasteiger partial charge in [-0.05, 0) is 45.1 Å². The van der Waals surface area contributed by atoms with Gasteiger partial charge in [0.05, 0.1) is 0 Å². The van der Waals surface area contributed by atoms with Crippen molar-refractivity contribution in [3.63, 3.8) is 0 Å². The molecule has 0 aliphatic carbocycles. The molecule has 0 spiro atoms. The fraction of sp³-hybridized carbons (Fsp3) is 0.625. The Morgan fingerprint density at radius 3 is 2.47 bits per heavy atom. The van der Waals surface area contributed by atoms with Gasteiger partial charge in [-0.2, -0.15) is 0 Å². The van der Waals surface area contributed by atoms with E-state index in [-0.39, 0.29) is 0 Å². The molecule has 0 saturated carbocycles. The van der Waals surface area contributed by atoms with E-state index in [4.69, 9.17) is 0 Å². The van der Waals surface area contributed by atoms with Gasteiger partial charge < -0.3 is 10.2 Å². The first-order valence-corrected chi connectivity index (χ1v) is 7.34. The van der Waals surface area contributed by atoms with Gasteiger partial charge in [0.1, 0.15) is 0 Å². The highest BCUT2D eigenvalue weighted by Gasteiger charge is 2.21. The molecule has 3 nitrogen and oxygen atoms in total. The predicted octanol–water partition coefficient (Wildman–Crippen LogP) is 1.58. The summed E-state index contributed by atoms with van der Waals surface area (Å²) in [5.41, 5.74) is 2.86. The van der Waals surface area contributed by atoms with E-state index in [0.717, 1.165) is 19.5 Å². The molecule has 1 aliphatic rings. The summed E-state index contributed by atoms with van der Waals surface area (Å²) < 4.78 is 0. The fourth-order valence-corrected chi connectivity index (χ4v) is 2.73. The number of hydrogen-bond donors (Lipinski definition) is 1. The zero-order valence-electron chi connectivity index (χ0n) is 12.5. The Hall–Kier alpha value is -0.900. The number of hydrogen-bond acceptors (Lipinski definition) is 3. The number of piperazine rings is 1. The minimum absolute atomic E-state index is 0.655. The summed E-state index contributed by atoms with van der Waals surface area (Å²) in [4.78, 5) is 5.00. The van der Waals surface area contributed by atoms with Crippen molar-refractivity contribution in [1.82, 2.24) is 15.1 Å². The van der Waals surface area contributed by atoms with E-state index < -0.39 is 0 Å². The summed E-state index contributed by atoms with van der Waals surface area (Å²) in [6.07, 6.45) is 1.11.